The van der Waals surface area contributed by atoms with Crippen molar-refractivity contribution in [1.82, 2.24) is 4.90 Å². The fourth-order valence-electron chi connectivity index (χ4n) is 2.35. The third-order valence-electron chi connectivity index (χ3n) is 3.30. The molecule has 1 aliphatic rings. The SMILES string of the molecule is COc1cccc(CCN2CC(Br)CC2=O)c1OC. The van der Waals surface area contributed by atoms with Crippen molar-refractivity contribution in [3.63, 3.8) is 0 Å². The van der Waals surface area contributed by atoms with Gasteiger partial charge in [0.25, 0.3) is 0 Å². The van der Waals surface area contributed by atoms with Gasteiger partial charge < -0.3 is 14.4 Å². The van der Waals surface area contributed by atoms with Crippen LogP contribution in [-0.2, 0) is 11.2 Å². The average molecular weight is 328 g/mol. The highest BCUT2D eigenvalue weighted by Gasteiger charge is 2.27. The van der Waals surface area contributed by atoms with Crippen LogP contribution in [-0.4, -0.2) is 42.9 Å². The molecule has 1 fully saturated rings. The number of para-hydroxylation sites is 1. The summed E-state index contributed by atoms with van der Waals surface area (Å²) >= 11 is 3.49. The molecule has 0 bridgehead atoms. The van der Waals surface area contributed by atoms with Crippen LogP contribution in [0.1, 0.15) is 12.0 Å². The number of hydrogen-bond donors (Lipinski definition) is 0. The third kappa shape index (κ3) is 3.21. The van der Waals surface area contributed by atoms with Gasteiger partial charge in [-0.25, -0.2) is 0 Å². The first-order valence-electron chi connectivity index (χ1n) is 6.27. The molecule has 1 atom stereocenters. The lowest BCUT2D eigenvalue weighted by atomic mass is 10.1. The fourth-order valence-corrected chi connectivity index (χ4v) is 2.97. The van der Waals surface area contributed by atoms with Gasteiger partial charge in [-0.1, -0.05) is 28.1 Å². The number of hydrogen-bond acceptors (Lipinski definition) is 3. The number of amides is 1. The molecule has 1 amide bonds. The summed E-state index contributed by atoms with van der Waals surface area (Å²) in [6.45, 7) is 1.50. The highest BCUT2D eigenvalue weighted by Crippen LogP contribution is 2.31. The first-order chi connectivity index (χ1) is 9.15. The molecule has 1 saturated heterocycles. The van der Waals surface area contributed by atoms with Crippen LogP contribution in [0, 0.1) is 0 Å². The smallest absolute Gasteiger partial charge is 0.223 e. The highest BCUT2D eigenvalue weighted by atomic mass is 79.9. The summed E-state index contributed by atoms with van der Waals surface area (Å²) in [7, 11) is 3.26. The number of nitrogens with zero attached hydrogens (tertiary/aromatic N) is 1. The van der Waals surface area contributed by atoms with Crippen molar-refractivity contribution in [2.45, 2.75) is 17.7 Å². The monoisotopic (exact) mass is 327 g/mol. The quantitative estimate of drug-likeness (QED) is 0.778. The second kappa shape index (κ2) is 6.28. The van der Waals surface area contributed by atoms with Gasteiger partial charge in [0.15, 0.2) is 11.5 Å². The Morgan fingerprint density at radius 2 is 2.16 bits per heavy atom. The summed E-state index contributed by atoms with van der Waals surface area (Å²) < 4.78 is 10.7. The van der Waals surface area contributed by atoms with Crippen molar-refractivity contribution in [3.8, 4) is 11.5 Å². The molecular weight excluding hydrogens is 310 g/mol. The average Bonchev–Trinajstić information content (AvgIpc) is 2.73. The third-order valence-corrected chi connectivity index (χ3v) is 3.92. The fraction of sp³-hybridized carbons (Fsp3) is 0.500. The molecule has 0 aliphatic carbocycles. The zero-order valence-electron chi connectivity index (χ0n) is 11.2. The van der Waals surface area contributed by atoms with Gasteiger partial charge >= 0.3 is 0 Å². The summed E-state index contributed by atoms with van der Waals surface area (Å²) in [6.07, 6.45) is 1.36. The lowest BCUT2D eigenvalue weighted by Gasteiger charge is -2.17. The normalized spacial score (nSPS) is 18.8. The Morgan fingerprint density at radius 3 is 2.74 bits per heavy atom. The second-order valence-corrected chi connectivity index (χ2v) is 5.84. The maximum atomic E-state index is 11.7. The van der Waals surface area contributed by atoms with Crippen LogP contribution >= 0.6 is 15.9 Å². The van der Waals surface area contributed by atoms with Crippen LogP contribution in [0.3, 0.4) is 0 Å². The molecule has 5 heteroatoms. The molecule has 19 heavy (non-hydrogen) atoms. The number of likely N-dealkylation sites (tertiary alicyclic amines) is 1. The van der Waals surface area contributed by atoms with E-state index in [0.29, 0.717) is 13.0 Å². The summed E-state index contributed by atoms with van der Waals surface area (Å²) in [6, 6.07) is 5.82. The van der Waals surface area contributed by atoms with Gasteiger partial charge in [-0.15, -0.1) is 0 Å². The molecule has 1 aliphatic heterocycles. The predicted molar refractivity (Wildman–Crippen MR) is 77.2 cm³/mol. The van der Waals surface area contributed by atoms with E-state index in [1.807, 2.05) is 23.1 Å². The summed E-state index contributed by atoms with van der Waals surface area (Å²) in [5.41, 5.74) is 1.06. The molecule has 1 aromatic rings. The number of carbonyl (C=O) groups excluding carboxylic acids is 1. The van der Waals surface area contributed by atoms with Gasteiger partial charge in [-0.3, -0.25) is 4.79 Å². The predicted octanol–water partition coefficient (Wildman–Crippen LogP) is 2.24. The Kier molecular flexibility index (Phi) is 4.69. The molecule has 2 rings (SSSR count). The maximum Gasteiger partial charge on any atom is 0.223 e. The number of halogens is 1. The van der Waals surface area contributed by atoms with E-state index in [2.05, 4.69) is 15.9 Å². The van der Waals surface area contributed by atoms with Crippen molar-refractivity contribution in [2.75, 3.05) is 27.3 Å². The van der Waals surface area contributed by atoms with Crippen LogP contribution < -0.4 is 9.47 Å². The molecule has 0 saturated carbocycles. The van der Waals surface area contributed by atoms with E-state index in [1.54, 1.807) is 14.2 Å². The molecule has 1 unspecified atom stereocenters. The minimum absolute atomic E-state index is 0.212. The zero-order chi connectivity index (χ0) is 13.8. The van der Waals surface area contributed by atoms with Crippen LogP contribution in [0.5, 0.6) is 11.5 Å². The molecule has 0 spiro atoms. The molecule has 104 valence electrons. The zero-order valence-corrected chi connectivity index (χ0v) is 12.8. The standard InChI is InChI=1S/C14H18BrNO3/c1-18-12-5-3-4-10(14(12)19-2)6-7-16-9-11(15)8-13(16)17/h3-5,11H,6-9H2,1-2H3. The Labute approximate surface area is 121 Å². The van der Waals surface area contributed by atoms with Crippen LogP contribution in [0.4, 0.5) is 0 Å². The molecule has 0 N–H and O–H groups in total. The van der Waals surface area contributed by atoms with Crippen molar-refractivity contribution < 1.29 is 14.3 Å². The van der Waals surface area contributed by atoms with Gasteiger partial charge in [0.1, 0.15) is 0 Å². The highest BCUT2D eigenvalue weighted by molar-refractivity contribution is 9.09. The molecule has 4 nitrogen and oxygen atoms in total. The first kappa shape index (κ1) is 14.2. The lowest BCUT2D eigenvalue weighted by molar-refractivity contribution is -0.127. The Bertz CT molecular complexity index is 464. The lowest BCUT2D eigenvalue weighted by Crippen LogP contribution is -2.27. The Morgan fingerprint density at radius 1 is 1.37 bits per heavy atom. The number of rotatable bonds is 5. The summed E-state index contributed by atoms with van der Waals surface area (Å²) in [4.78, 5) is 13.9. The molecule has 0 radical (unpaired) electrons. The van der Waals surface area contributed by atoms with Gasteiger partial charge in [-0.2, -0.15) is 0 Å². The Balaban J connectivity index is 2.05. The van der Waals surface area contributed by atoms with E-state index in [0.717, 1.165) is 30.0 Å². The van der Waals surface area contributed by atoms with E-state index in [9.17, 15) is 4.79 Å². The maximum absolute atomic E-state index is 11.7. The van der Waals surface area contributed by atoms with E-state index in [-0.39, 0.29) is 10.7 Å². The van der Waals surface area contributed by atoms with Crippen molar-refractivity contribution in [3.05, 3.63) is 23.8 Å². The van der Waals surface area contributed by atoms with E-state index in [1.165, 1.54) is 0 Å². The molecular formula is C14H18BrNO3. The van der Waals surface area contributed by atoms with Crippen LogP contribution in [0.15, 0.2) is 18.2 Å². The van der Waals surface area contributed by atoms with Gasteiger partial charge in [-0.05, 0) is 18.1 Å². The first-order valence-corrected chi connectivity index (χ1v) is 7.19. The topological polar surface area (TPSA) is 38.8 Å². The molecule has 0 aromatic heterocycles. The second-order valence-electron chi connectivity index (χ2n) is 4.54. The van der Waals surface area contributed by atoms with Crippen molar-refractivity contribution in [2.24, 2.45) is 0 Å². The largest absolute Gasteiger partial charge is 0.493 e. The number of methoxy groups -OCH3 is 2. The number of alkyl halides is 1. The minimum atomic E-state index is 0.212. The summed E-state index contributed by atoms with van der Waals surface area (Å²) in [5.74, 6) is 1.70. The number of ether oxygens (including phenoxy) is 2. The van der Waals surface area contributed by atoms with Gasteiger partial charge in [0, 0.05) is 24.3 Å². The van der Waals surface area contributed by atoms with E-state index < -0.39 is 0 Å². The van der Waals surface area contributed by atoms with E-state index in [4.69, 9.17) is 9.47 Å². The number of benzene rings is 1. The summed E-state index contributed by atoms with van der Waals surface area (Å²) in [5, 5.41) is 0. The van der Waals surface area contributed by atoms with Gasteiger partial charge in [0.05, 0.1) is 14.2 Å². The van der Waals surface area contributed by atoms with Crippen LogP contribution in [0.2, 0.25) is 0 Å². The van der Waals surface area contributed by atoms with Gasteiger partial charge in [0.2, 0.25) is 5.91 Å². The molecule has 1 heterocycles. The van der Waals surface area contributed by atoms with Crippen molar-refractivity contribution in [1.29, 1.82) is 0 Å². The van der Waals surface area contributed by atoms with Crippen molar-refractivity contribution >= 4 is 21.8 Å². The minimum Gasteiger partial charge on any atom is -0.493 e. The van der Waals surface area contributed by atoms with Crippen LogP contribution in [0.25, 0.3) is 0 Å². The number of carbonyl (C=O) groups is 1. The van der Waals surface area contributed by atoms with E-state index >= 15 is 0 Å². The molecule has 1 aromatic carbocycles. The Hall–Kier alpha value is -1.23.